The first-order valence-corrected chi connectivity index (χ1v) is 7.07. The molecule has 1 aromatic rings. The Hall–Kier alpha value is -1.56. The second-order valence-electron chi connectivity index (χ2n) is 5.35. The molecule has 1 unspecified atom stereocenters. The van der Waals surface area contributed by atoms with E-state index in [2.05, 4.69) is 25.1 Å². The van der Waals surface area contributed by atoms with Crippen molar-refractivity contribution in [1.29, 1.82) is 0 Å². The third kappa shape index (κ3) is 2.58. The van der Waals surface area contributed by atoms with Crippen LogP contribution in [0.15, 0.2) is 6.07 Å². The van der Waals surface area contributed by atoms with Gasteiger partial charge in [0.15, 0.2) is 0 Å². The van der Waals surface area contributed by atoms with Gasteiger partial charge in [0.2, 0.25) is 5.95 Å². The van der Waals surface area contributed by atoms with E-state index < -0.39 is 0 Å². The third-order valence-electron chi connectivity index (χ3n) is 4.15. The van der Waals surface area contributed by atoms with Gasteiger partial charge in [0.1, 0.15) is 11.6 Å². The Morgan fingerprint density at radius 1 is 1.26 bits per heavy atom. The summed E-state index contributed by atoms with van der Waals surface area (Å²) in [5, 5.41) is 3.04. The van der Waals surface area contributed by atoms with Crippen LogP contribution in [0, 0.1) is 0 Å². The van der Waals surface area contributed by atoms with Crippen LogP contribution in [0.25, 0.3) is 0 Å². The lowest BCUT2D eigenvalue weighted by atomic mass is 9.99. The van der Waals surface area contributed by atoms with Crippen molar-refractivity contribution in [1.82, 2.24) is 14.9 Å². The molecule has 2 fully saturated rings. The average Bonchev–Trinajstić information content (AvgIpc) is 2.46. The van der Waals surface area contributed by atoms with E-state index in [0.29, 0.717) is 12.0 Å². The average molecular weight is 262 g/mol. The van der Waals surface area contributed by atoms with E-state index in [9.17, 15) is 0 Å². The molecule has 1 atom stereocenters. The van der Waals surface area contributed by atoms with E-state index in [0.717, 1.165) is 31.3 Å². The third-order valence-corrected chi connectivity index (χ3v) is 4.15. The summed E-state index contributed by atoms with van der Waals surface area (Å²) in [6.07, 6.45) is 4.00. The predicted molar refractivity (Wildman–Crippen MR) is 77.4 cm³/mol. The van der Waals surface area contributed by atoms with Crippen molar-refractivity contribution in [3.05, 3.63) is 6.07 Å². The number of hydrogen-bond donors (Lipinski definition) is 2. The molecule has 0 saturated carbocycles. The molecule has 6 nitrogen and oxygen atoms in total. The van der Waals surface area contributed by atoms with Crippen molar-refractivity contribution < 1.29 is 0 Å². The van der Waals surface area contributed by atoms with Gasteiger partial charge >= 0.3 is 0 Å². The molecule has 6 heteroatoms. The molecule has 19 heavy (non-hydrogen) atoms. The van der Waals surface area contributed by atoms with Crippen LogP contribution in [0.1, 0.15) is 19.3 Å². The summed E-state index contributed by atoms with van der Waals surface area (Å²) in [5.41, 5.74) is 5.77. The molecule has 0 spiro atoms. The van der Waals surface area contributed by atoms with Crippen LogP contribution in [-0.4, -0.2) is 54.1 Å². The van der Waals surface area contributed by atoms with E-state index >= 15 is 0 Å². The van der Waals surface area contributed by atoms with Crippen molar-refractivity contribution in [2.24, 2.45) is 0 Å². The van der Waals surface area contributed by atoms with Crippen LogP contribution < -0.4 is 16.0 Å². The molecule has 1 aromatic heterocycles. The lowest BCUT2D eigenvalue weighted by Gasteiger charge is -2.44. The normalized spacial score (nSPS) is 24.1. The Labute approximate surface area is 114 Å². The fourth-order valence-corrected chi connectivity index (χ4v) is 3.11. The van der Waals surface area contributed by atoms with E-state index in [1.807, 2.05) is 13.1 Å². The van der Waals surface area contributed by atoms with Crippen LogP contribution in [0.2, 0.25) is 0 Å². The highest BCUT2D eigenvalue weighted by Gasteiger charge is 2.29. The number of hydrogen-bond acceptors (Lipinski definition) is 6. The van der Waals surface area contributed by atoms with Crippen molar-refractivity contribution in [2.45, 2.75) is 25.3 Å². The van der Waals surface area contributed by atoms with Gasteiger partial charge in [-0.15, -0.1) is 0 Å². The minimum atomic E-state index is 0.341. The van der Waals surface area contributed by atoms with Gasteiger partial charge in [-0.05, 0) is 19.4 Å². The number of nitrogen functional groups attached to an aromatic ring is 1. The van der Waals surface area contributed by atoms with E-state index in [1.54, 1.807) is 0 Å². The highest BCUT2D eigenvalue weighted by Crippen LogP contribution is 2.25. The minimum Gasteiger partial charge on any atom is -0.373 e. The lowest BCUT2D eigenvalue weighted by molar-refractivity contribution is 0.133. The first-order valence-electron chi connectivity index (χ1n) is 7.07. The number of anilines is 3. The molecule has 0 aromatic carbocycles. The second kappa shape index (κ2) is 5.21. The van der Waals surface area contributed by atoms with Crippen molar-refractivity contribution in [2.75, 3.05) is 49.2 Å². The summed E-state index contributed by atoms with van der Waals surface area (Å²) < 4.78 is 0. The zero-order chi connectivity index (χ0) is 13.2. The summed E-state index contributed by atoms with van der Waals surface area (Å²) in [5.74, 6) is 2.07. The van der Waals surface area contributed by atoms with Gasteiger partial charge in [-0.1, -0.05) is 6.42 Å². The van der Waals surface area contributed by atoms with Crippen molar-refractivity contribution in [3.8, 4) is 0 Å². The van der Waals surface area contributed by atoms with E-state index in [4.69, 9.17) is 5.73 Å². The first kappa shape index (κ1) is 12.5. The molecule has 2 aliphatic rings. The van der Waals surface area contributed by atoms with Gasteiger partial charge in [0.05, 0.1) is 0 Å². The molecular formula is C13H22N6. The van der Waals surface area contributed by atoms with Gasteiger partial charge in [0.25, 0.3) is 0 Å². The number of nitrogens with two attached hydrogens (primary N) is 1. The van der Waals surface area contributed by atoms with Crippen LogP contribution in [0.4, 0.5) is 17.6 Å². The second-order valence-corrected chi connectivity index (χ2v) is 5.35. The van der Waals surface area contributed by atoms with Crippen LogP contribution in [-0.2, 0) is 0 Å². The number of fused-ring (bicyclic) bond motifs is 1. The Balaban J connectivity index is 1.77. The maximum Gasteiger partial charge on any atom is 0.223 e. The highest BCUT2D eigenvalue weighted by molar-refractivity contribution is 5.52. The molecule has 3 rings (SSSR count). The Morgan fingerprint density at radius 3 is 3.00 bits per heavy atom. The molecule has 3 heterocycles. The molecule has 0 radical (unpaired) electrons. The summed E-state index contributed by atoms with van der Waals surface area (Å²) in [4.78, 5) is 13.5. The zero-order valence-corrected chi connectivity index (χ0v) is 11.5. The largest absolute Gasteiger partial charge is 0.373 e. The Kier molecular flexibility index (Phi) is 3.42. The van der Waals surface area contributed by atoms with E-state index in [-0.39, 0.29) is 0 Å². The van der Waals surface area contributed by atoms with Crippen LogP contribution in [0.3, 0.4) is 0 Å². The van der Waals surface area contributed by atoms with Crippen LogP contribution in [0.5, 0.6) is 0 Å². The number of nitrogens with one attached hydrogen (secondary N) is 1. The summed E-state index contributed by atoms with van der Waals surface area (Å²) in [6, 6.07) is 2.66. The highest BCUT2D eigenvalue weighted by atomic mass is 15.3. The van der Waals surface area contributed by atoms with Gasteiger partial charge in [-0.3, -0.25) is 4.90 Å². The van der Waals surface area contributed by atoms with Gasteiger partial charge in [-0.2, -0.15) is 9.97 Å². The molecule has 2 saturated heterocycles. The zero-order valence-electron chi connectivity index (χ0n) is 11.5. The predicted octanol–water partition coefficient (Wildman–Crippen LogP) is 0.775. The number of piperazine rings is 1. The van der Waals surface area contributed by atoms with Gasteiger partial charge < -0.3 is 16.0 Å². The maximum absolute atomic E-state index is 5.77. The van der Waals surface area contributed by atoms with Gasteiger partial charge in [0, 0.05) is 38.8 Å². The molecule has 0 aliphatic carbocycles. The molecule has 0 amide bonds. The van der Waals surface area contributed by atoms with Crippen LogP contribution >= 0.6 is 0 Å². The number of rotatable bonds is 2. The molecular weight excluding hydrogens is 240 g/mol. The molecule has 2 aliphatic heterocycles. The smallest absolute Gasteiger partial charge is 0.223 e. The van der Waals surface area contributed by atoms with Crippen molar-refractivity contribution >= 4 is 17.6 Å². The molecule has 104 valence electrons. The number of nitrogens with zero attached hydrogens (tertiary/aromatic N) is 4. The topological polar surface area (TPSA) is 70.3 Å². The number of aromatic nitrogens is 2. The lowest BCUT2D eigenvalue weighted by Crippen LogP contribution is -2.55. The summed E-state index contributed by atoms with van der Waals surface area (Å²) >= 11 is 0. The minimum absolute atomic E-state index is 0.341. The summed E-state index contributed by atoms with van der Waals surface area (Å²) in [7, 11) is 1.85. The fourth-order valence-electron chi connectivity index (χ4n) is 3.11. The quantitative estimate of drug-likeness (QED) is 0.820. The Morgan fingerprint density at radius 2 is 2.16 bits per heavy atom. The summed E-state index contributed by atoms with van der Waals surface area (Å²) in [6.45, 7) is 4.46. The fraction of sp³-hybridized carbons (Fsp3) is 0.692. The first-order chi connectivity index (χ1) is 9.26. The monoisotopic (exact) mass is 262 g/mol. The van der Waals surface area contributed by atoms with E-state index in [1.165, 1.54) is 25.8 Å². The molecule has 3 N–H and O–H groups in total. The number of piperidine rings is 1. The SMILES string of the molecule is CNc1cc(N2CCN3CCCCC3C2)nc(N)n1. The van der Waals surface area contributed by atoms with Gasteiger partial charge in [-0.25, -0.2) is 0 Å². The van der Waals surface area contributed by atoms with Crippen molar-refractivity contribution in [3.63, 3.8) is 0 Å². The molecule has 0 bridgehead atoms. The maximum atomic E-state index is 5.77. The Bertz CT molecular complexity index is 449. The standard InChI is InChI=1S/C13H22N6/c1-15-11-8-12(17-13(14)16-11)19-7-6-18-5-3-2-4-10(18)9-19/h8,10H,2-7,9H2,1H3,(H3,14,15,16,17).